The van der Waals surface area contributed by atoms with E-state index in [0.29, 0.717) is 26.4 Å². The van der Waals surface area contributed by atoms with E-state index in [0.717, 1.165) is 18.1 Å². The summed E-state index contributed by atoms with van der Waals surface area (Å²) in [6.07, 6.45) is 0. The molecule has 126 valence electrons. The second-order valence-electron chi connectivity index (χ2n) is 4.88. The predicted molar refractivity (Wildman–Crippen MR) is 81.2 cm³/mol. The minimum absolute atomic E-state index is 0.165. The molecule has 0 radical (unpaired) electrons. The zero-order valence-corrected chi connectivity index (χ0v) is 12.9. The van der Waals surface area contributed by atoms with Gasteiger partial charge in [-0.1, -0.05) is 5.22 Å². The Balaban J connectivity index is 2.05. The second-order valence-corrected chi connectivity index (χ2v) is 4.88. The van der Waals surface area contributed by atoms with Crippen molar-refractivity contribution < 1.29 is 18.7 Å². The average Bonchev–Trinajstić information content (AvgIpc) is 2.58. The summed E-state index contributed by atoms with van der Waals surface area (Å²) in [5.74, 6) is -0.324. The maximum Gasteiger partial charge on any atom is 0.343 e. The first kappa shape index (κ1) is 17.1. The molecule has 0 bridgehead atoms. The highest BCUT2D eigenvalue weighted by Gasteiger charge is 2.19. The molecule has 2 rings (SSSR count). The third-order valence-corrected chi connectivity index (χ3v) is 3.43. The SMILES string of the molecule is CNC(=O)N(N=N)c1ccc(F)cc1OCCN1CCOCC1. The molecule has 1 fully saturated rings. The van der Waals surface area contributed by atoms with Crippen LogP contribution >= 0.6 is 0 Å². The van der Waals surface area contributed by atoms with Crippen LogP contribution in [0.15, 0.2) is 23.4 Å². The Morgan fingerprint density at radius 2 is 2.26 bits per heavy atom. The summed E-state index contributed by atoms with van der Waals surface area (Å²) in [6, 6.07) is 3.11. The fourth-order valence-corrected chi connectivity index (χ4v) is 2.20. The van der Waals surface area contributed by atoms with E-state index in [1.54, 1.807) is 0 Å². The molecule has 1 saturated heterocycles. The van der Waals surface area contributed by atoms with Crippen molar-refractivity contribution in [2.75, 3.05) is 51.5 Å². The van der Waals surface area contributed by atoms with Crippen LogP contribution in [0.25, 0.3) is 0 Å². The Kier molecular flexibility index (Phi) is 6.24. The highest BCUT2D eigenvalue weighted by atomic mass is 19.1. The van der Waals surface area contributed by atoms with Crippen LogP contribution in [-0.2, 0) is 4.74 Å². The van der Waals surface area contributed by atoms with E-state index < -0.39 is 11.8 Å². The van der Waals surface area contributed by atoms with Gasteiger partial charge in [0.25, 0.3) is 0 Å². The molecule has 1 aromatic carbocycles. The number of carbonyl (C=O) groups excluding carboxylic acids is 1. The van der Waals surface area contributed by atoms with Gasteiger partial charge >= 0.3 is 6.03 Å². The molecule has 2 N–H and O–H groups in total. The molecule has 9 heteroatoms. The lowest BCUT2D eigenvalue weighted by atomic mass is 10.2. The Labute approximate surface area is 133 Å². The van der Waals surface area contributed by atoms with E-state index in [2.05, 4.69) is 15.4 Å². The van der Waals surface area contributed by atoms with Crippen molar-refractivity contribution in [3.63, 3.8) is 0 Å². The third-order valence-electron chi connectivity index (χ3n) is 3.43. The number of urea groups is 1. The summed E-state index contributed by atoms with van der Waals surface area (Å²) < 4.78 is 24.4. The van der Waals surface area contributed by atoms with Crippen LogP contribution in [0.2, 0.25) is 0 Å². The number of nitrogens with one attached hydrogen (secondary N) is 2. The lowest BCUT2D eigenvalue weighted by molar-refractivity contribution is 0.0322. The Bertz CT molecular complexity index is 551. The van der Waals surface area contributed by atoms with Crippen molar-refractivity contribution in [3.05, 3.63) is 24.0 Å². The molecule has 0 atom stereocenters. The van der Waals surface area contributed by atoms with Gasteiger partial charge in [-0.25, -0.2) is 9.18 Å². The molecule has 2 amide bonds. The summed E-state index contributed by atoms with van der Waals surface area (Å²) in [5.41, 5.74) is 7.35. The number of carbonyl (C=O) groups is 1. The predicted octanol–water partition coefficient (Wildman–Crippen LogP) is 1.63. The van der Waals surface area contributed by atoms with Crippen LogP contribution < -0.4 is 15.1 Å². The normalized spacial score (nSPS) is 15.0. The number of rotatable bonds is 6. The van der Waals surface area contributed by atoms with E-state index in [-0.39, 0.29) is 11.4 Å². The summed E-state index contributed by atoms with van der Waals surface area (Å²) >= 11 is 0. The van der Waals surface area contributed by atoms with Gasteiger partial charge in [-0.2, -0.15) is 10.5 Å². The summed E-state index contributed by atoms with van der Waals surface area (Å²) in [6.45, 7) is 4.02. The highest BCUT2D eigenvalue weighted by Crippen LogP contribution is 2.29. The largest absolute Gasteiger partial charge is 0.490 e. The highest BCUT2D eigenvalue weighted by molar-refractivity contribution is 5.92. The maximum absolute atomic E-state index is 13.5. The van der Waals surface area contributed by atoms with Gasteiger partial charge in [-0.05, 0) is 12.1 Å². The van der Waals surface area contributed by atoms with Gasteiger partial charge in [0.2, 0.25) is 0 Å². The number of hydrogen-bond donors (Lipinski definition) is 2. The minimum Gasteiger partial charge on any atom is -0.490 e. The monoisotopic (exact) mass is 325 g/mol. The molecule has 0 saturated carbocycles. The number of nitrogens with zero attached hydrogens (tertiary/aromatic N) is 3. The van der Waals surface area contributed by atoms with E-state index in [9.17, 15) is 9.18 Å². The first-order valence-corrected chi connectivity index (χ1v) is 7.27. The van der Waals surface area contributed by atoms with Gasteiger partial charge in [0.1, 0.15) is 23.9 Å². The molecule has 1 aromatic rings. The van der Waals surface area contributed by atoms with Crippen LogP contribution in [0.1, 0.15) is 0 Å². The molecule has 1 aliphatic rings. The van der Waals surface area contributed by atoms with Crippen LogP contribution in [0, 0.1) is 11.3 Å². The molecule has 0 spiro atoms. The standard InChI is InChI=1S/C14H20FN5O3/c1-17-14(21)20(18-16)12-3-2-11(15)10-13(12)23-9-6-19-4-7-22-8-5-19/h2-3,10,16H,4-9H2,1H3,(H,17,21). The Morgan fingerprint density at radius 1 is 1.52 bits per heavy atom. The number of anilines is 1. The van der Waals surface area contributed by atoms with Gasteiger partial charge in [-0.3, -0.25) is 4.90 Å². The van der Waals surface area contributed by atoms with E-state index in [1.807, 2.05) is 0 Å². The van der Waals surface area contributed by atoms with Crippen molar-refractivity contribution in [2.45, 2.75) is 0 Å². The van der Waals surface area contributed by atoms with Crippen LogP contribution in [-0.4, -0.2) is 57.4 Å². The zero-order chi connectivity index (χ0) is 16.7. The maximum atomic E-state index is 13.5. The molecular weight excluding hydrogens is 305 g/mol. The van der Waals surface area contributed by atoms with Gasteiger partial charge in [0.05, 0.1) is 13.2 Å². The van der Waals surface area contributed by atoms with Crippen LogP contribution in [0.5, 0.6) is 5.75 Å². The van der Waals surface area contributed by atoms with Crippen molar-refractivity contribution in [1.29, 1.82) is 5.53 Å². The van der Waals surface area contributed by atoms with Crippen molar-refractivity contribution >= 4 is 11.7 Å². The number of benzene rings is 1. The fourth-order valence-electron chi connectivity index (χ4n) is 2.20. The molecular formula is C14H20FN5O3. The van der Waals surface area contributed by atoms with E-state index in [4.69, 9.17) is 15.0 Å². The zero-order valence-electron chi connectivity index (χ0n) is 12.9. The minimum atomic E-state index is -0.607. The summed E-state index contributed by atoms with van der Waals surface area (Å²) in [5, 5.41) is 6.33. The quantitative estimate of drug-likeness (QED) is 0.614. The molecule has 0 aromatic heterocycles. The molecule has 8 nitrogen and oxygen atoms in total. The average molecular weight is 325 g/mol. The summed E-state index contributed by atoms with van der Waals surface area (Å²) in [7, 11) is 1.42. The molecule has 0 aliphatic carbocycles. The van der Waals surface area contributed by atoms with Gasteiger partial charge in [-0.15, -0.1) is 0 Å². The first-order valence-electron chi connectivity index (χ1n) is 7.27. The third kappa shape index (κ3) is 4.60. The number of amides is 2. The van der Waals surface area contributed by atoms with Gasteiger partial charge in [0.15, 0.2) is 0 Å². The molecule has 23 heavy (non-hydrogen) atoms. The molecule has 1 heterocycles. The number of ether oxygens (including phenoxy) is 2. The number of morpholine rings is 1. The number of hydrogen-bond acceptors (Lipinski definition) is 6. The van der Waals surface area contributed by atoms with Crippen molar-refractivity contribution in [2.24, 2.45) is 5.22 Å². The number of halogens is 1. The molecule has 1 aliphatic heterocycles. The Hall–Kier alpha value is -2.26. The van der Waals surface area contributed by atoms with Crippen molar-refractivity contribution in [1.82, 2.24) is 10.2 Å². The second kappa shape index (κ2) is 8.39. The van der Waals surface area contributed by atoms with E-state index in [1.165, 1.54) is 25.2 Å². The van der Waals surface area contributed by atoms with Crippen LogP contribution in [0.3, 0.4) is 0 Å². The topological polar surface area (TPSA) is 90.3 Å². The fraction of sp³-hybridized carbons (Fsp3) is 0.500. The first-order chi connectivity index (χ1) is 11.2. The van der Waals surface area contributed by atoms with Crippen LogP contribution in [0.4, 0.5) is 14.9 Å². The lowest BCUT2D eigenvalue weighted by Crippen LogP contribution is -2.38. The lowest BCUT2D eigenvalue weighted by Gasteiger charge is -2.26. The van der Waals surface area contributed by atoms with Gasteiger partial charge in [0, 0.05) is 32.7 Å². The van der Waals surface area contributed by atoms with Crippen molar-refractivity contribution in [3.8, 4) is 5.75 Å². The Morgan fingerprint density at radius 3 is 2.91 bits per heavy atom. The van der Waals surface area contributed by atoms with Gasteiger partial charge < -0.3 is 14.8 Å². The van der Waals surface area contributed by atoms with E-state index >= 15 is 0 Å². The molecule has 0 unspecified atom stereocenters. The smallest absolute Gasteiger partial charge is 0.343 e. The summed E-state index contributed by atoms with van der Waals surface area (Å²) in [4.78, 5) is 13.9.